The number of hydrogen-bond donors (Lipinski definition) is 1. The van der Waals surface area contributed by atoms with E-state index in [4.69, 9.17) is 5.11 Å². The van der Waals surface area contributed by atoms with Crippen LogP contribution in [0.5, 0.6) is 0 Å². The lowest BCUT2D eigenvalue weighted by molar-refractivity contribution is -0.392. The number of aromatic nitrogens is 3. The second kappa shape index (κ2) is 5.97. The average Bonchev–Trinajstić information content (AvgIpc) is 2.83. The number of nitrogens with zero attached hydrogens (tertiary/aromatic N) is 4. The van der Waals surface area contributed by atoms with Crippen molar-refractivity contribution >= 4 is 15.7 Å². The fourth-order valence-electron chi connectivity index (χ4n) is 1.81. The van der Waals surface area contributed by atoms with Gasteiger partial charge in [0.05, 0.1) is 11.5 Å². The van der Waals surface area contributed by atoms with E-state index in [2.05, 4.69) is 9.97 Å². The van der Waals surface area contributed by atoms with Crippen LogP contribution < -0.4 is 0 Å². The van der Waals surface area contributed by atoms with Gasteiger partial charge in [-0.05, 0) is 17.1 Å². The maximum absolute atomic E-state index is 12.2. The molecule has 0 aliphatic rings. The van der Waals surface area contributed by atoms with Crippen LogP contribution >= 0.6 is 0 Å². The molecule has 9 nitrogen and oxygen atoms in total. The Morgan fingerprint density at radius 2 is 2.00 bits per heavy atom. The Bertz CT molecular complexity index is 741. The second-order valence-corrected chi connectivity index (χ2v) is 6.10. The number of aliphatic hydroxyl groups is 1. The van der Waals surface area contributed by atoms with E-state index >= 15 is 0 Å². The van der Waals surface area contributed by atoms with Crippen molar-refractivity contribution in [3.8, 4) is 0 Å². The zero-order chi connectivity index (χ0) is 15.5. The molecule has 0 saturated carbocycles. The molecule has 0 bridgehead atoms. The topological polar surface area (TPSA) is 128 Å². The Balaban J connectivity index is 2.38. The number of pyridine rings is 1. The molecule has 0 fully saturated rings. The highest BCUT2D eigenvalue weighted by Crippen LogP contribution is 2.19. The van der Waals surface area contributed by atoms with Crippen LogP contribution in [0.15, 0.2) is 35.6 Å². The van der Waals surface area contributed by atoms with Crippen molar-refractivity contribution in [2.45, 2.75) is 17.2 Å². The number of imidazole rings is 1. The Hall–Kier alpha value is -2.33. The van der Waals surface area contributed by atoms with Gasteiger partial charge in [-0.2, -0.15) is 0 Å². The van der Waals surface area contributed by atoms with Gasteiger partial charge in [0.15, 0.2) is 9.84 Å². The Kier molecular flexibility index (Phi) is 4.29. The molecule has 0 aliphatic carbocycles. The summed E-state index contributed by atoms with van der Waals surface area (Å²) in [6.45, 7) is -0.461. The van der Waals surface area contributed by atoms with Gasteiger partial charge >= 0.3 is 5.82 Å². The molecule has 0 aliphatic heterocycles. The normalized spacial score (nSPS) is 11.5. The largest absolute Gasteiger partial charge is 0.392 e. The van der Waals surface area contributed by atoms with Crippen molar-refractivity contribution in [1.29, 1.82) is 0 Å². The summed E-state index contributed by atoms with van der Waals surface area (Å²) < 4.78 is 25.5. The van der Waals surface area contributed by atoms with Gasteiger partial charge in [-0.1, -0.05) is 0 Å². The van der Waals surface area contributed by atoms with E-state index in [9.17, 15) is 18.5 Å². The van der Waals surface area contributed by atoms with Crippen molar-refractivity contribution in [2.24, 2.45) is 0 Å². The van der Waals surface area contributed by atoms with Crippen molar-refractivity contribution < 1.29 is 18.4 Å². The standard InChI is InChI=1S/C11H12N4O5S/c16-6-5-14-10(13-7-11(14)15(17)18)8-21(19,20)9-1-3-12-4-2-9/h1-4,7,16H,5-6,8H2. The second-order valence-electron chi connectivity index (χ2n) is 4.11. The first-order chi connectivity index (χ1) is 9.95. The third-order valence-corrected chi connectivity index (χ3v) is 4.38. The number of sulfone groups is 1. The summed E-state index contributed by atoms with van der Waals surface area (Å²) in [4.78, 5) is 17.7. The smallest absolute Gasteiger partial charge is 0.342 e. The summed E-state index contributed by atoms with van der Waals surface area (Å²) in [5.74, 6) is -0.846. The van der Waals surface area contributed by atoms with E-state index in [0.717, 1.165) is 10.8 Å². The molecule has 0 radical (unpaired) electrons. The molecule has 0 unspecified atom stereocenters. The molecular weight excluding hydrogens is 300 g/mol. The number of rotatable bonds is 6. The molecule has 0 amide bonds. The Morgan fingerprint density at radius 1 is 1.33 bits per heavy atom. The highest BCUT2D eigenvalue weighted by Gasteiger charge is 2.25. The number of nitro groups is 1. The molecule has 0 spiro atoms. The van der Waals surface area contributed by atoms with Gasteiger partial charge in [-0.25, -0.2) is 18.0 Å². The summed E-state index contributed by atoms with van der Waals surface area (Å²) in [7, 11) is -3.69. The number of aliphatic hydroxyl groups excluding tert-OH is 1. The molecule has 2 rings (SSSR count). The minimum Gasteiger partial charge on any atom is -0.392 e. The first-order valence-corrected chi connectivity index (χ1v) is 7.53. The monoisotopic (exact) mass is 312 g/mol. The maximum Gasteiger partial charge on any atom is 0.342 e. The molecular formula is C11H12N4O5S. The third kappa shape index (κ3) is 3.23. The molecule has 21 heavy (non-hydrogen) atoms. The fourth-order valence-corrected chi connectivity index (χ4v) is 3.08. The average molecular weight is 312 g/mol. The lowest BCUT2D eigenvalue weighted by Crippen LogP contribution is -2.14. The molecule has 2 aromatic heterocycles. The van der Waals surface area contributed by atoms with E-state index in [-0.39, 0.29) is 29.7 Å². The van der Waals surface area contributed by atoms with Gasteiger partial charge < -0.3 is 15.2 Å². The van der Waals surface area contributed by atoms with E-state index in [0.29, 0.717) is 0 Å². The summed E-state index contributed by atoms with van der Waals surface area (Å²) in [5.41, 5.74) is 0. The molecule has 10 heteroatoms. The van der Waals surface area contributed by atoms with Crippen LogP contribution in [0.2, 0.25) is 0 Å². The van der Waals surface area contributed by atoms with Crippen LogP contribution in [0.25, 0.3) is 0 Å². The minimum atomic E-state index is -3.69. The van der Waals surface area contributed by atoms with Crippen LogP contribution in [0.1, 0.15) is 5.82 Å². The van der Waals surface area contributed by atoms with Gasteiger partial charge in [0.25, 0.3) is 0 Å². The van der Waals surface area contributed by atoms with Gasteiger partial charge in [0, 0.05) is 12.4 Å². The fraction of sp³-hybridized carbons (Fsp3) is 0.273. The van der Waals surface area contributed by atoms with Crippen LogP contribution in [-0.2, 0) is 22.1 Å². The third-order valence-electron chi connectivity index (χ3n) is 2.76. The van der Waals surface area contributed by atoms with Gasteiger partial charge in [0.1, 0.15) is 18.5 Å². The zero-order valence-electron chi connectivity index (χ0n) is 10.8. The maximum atomic E-state index is 12.2. The lowest BCUT2D eigenvalue weighted by Gasteiger charge is -2.04. The van der Waals surface area contributed by atoms with E-state index in [1.54, 1.807) is 0 Å². The van der Waals surface area contributed by atoms with Crippen molar-refractivity contribution in [3.05, 3.63) is 46.7 Å². The van der Waals surface area contributed by atoms with E-state index < -0.39 is 20.5 Å². The van der Waals surface area contributed by atoms with Crippen LogP contribution in [0, 0.1) is 10.1 Å². The van der Waals surface area contributed by atoms with Crippen LogP contribution in [0.3, 0.4) is 0 Å². The molecule has 112 valence electrons. The number of hydrogen-bond acceptors (Lipinski definition) is 7. The predicted molar refractivity (Wildman–Crippen MR) is 71.1 cm³/mol. The SMILES string of the molecule is O=[N+]([O-])c1cnc(CS(=O)(=O)c2ccncc2)n1CCO. The quantitative estimate of drug-likeness (QED) is 0.594. The van der Waals surface area contributed by atoms with Gasteiger partial charge in [-0.15, -0.1) is 0 Å². The highest BCUT2D eigenvalue weighted by molar-refractivity contribution is 7.90. The first-order valence-electron chi connectivity index (χ1n) is 5.88. The van der Waals surface area contributed by atoms with E-state index in [1.165, 1.54) is 24.5 Å². The summed E-state index contributed by atoms with van der Waals surface area (Å²) >= 11 is 0. The van der Waals surface area contributed by atoms with Crippen molar-refractivity contribution in [1.82, 2.24) is 14.5 Å². The molecule has 0 saturated heterocycles. The molecule has 1 N–H and O–H groups in total. The van der Waals surface area contributed by atoms with Gasteiger partial charge in [0.2, 0.25) is 5.82 Å². The van der Waals surface area contributed by atoms with Crippen LogP contribution in [-0.4, -0.2) is 39.6 Å². The van der Waals surface area contributed by atoms with E-state index in [1.807, 2.05) is 0 Å². The summed E-state index contributed by atoms with van der Waals surface area (Å²) in [5, 5.41) is 19.8. The molecule has 2 heterocycles. The van der Waals surface area contributed by atoms with Crippen LogP contribution in [0.4, 0.5) is 5.82 Å². The Labute approximate surface area is 120 Å². The van der Waals surface area contributed by atoms with Crippen molar-refractivity contribution in [2.75, 3.05) is 6.61 Å². The first kappa shape index (κ1) is 15.1. The Morgan fingerprint density at radius 3 is 2.57 bits per heavy atom. The highest BCUT2D eigenvalue weighted by atomic mass is 32.2. The van der Waals surface area contributed by atoms with Gasteiger partial charge in [-0.3, -0.25) is 4.98 Å². The zero-order valence-corrected chi connectivity index (χ0v) is 11.6. The molecule has 0 atom stereocenters. The lowest BCUT2D eigenvalue weighted by atomic mass is 10.5. The predicted octanol–water partition coefficient (Wildman–Crippen LogP) is 0.152. The molecule has 0 aromatic carbocycles. The summed E-state index contributed by atoms with van der Waals surface area (Å²) in [6.07, 6.45) is 3.66. The summed E-state index contributed by atoms with van der Waals surface area (Å²) in [6, 6.07) is 2.67. The minimum absolute atomic E-state index is 0.00700. The molecule has 2 aromatic rings. The van der Waals surface area contributed by atoms with Crippen molar-refractivity contribution in [3.63, 3.8) is 0 Å².